The fraction of sp³-hybridized carbons (Fsp3) is 0.273. The summed E-state index contributed by atoms with van der Waals surface area (Å²) in [5.74, 6) is 2.09. The van der Waals surface area contributed by atoms with Gasteiger partial charge >= 0.3 is 0 Å². The lowest BCUT2D eigenvalue weighted by atomic mass is 9.97. The highest BCUT2D eigenvalue weighted by molar-refractivity contribution is 6.29. The molecule has 0 amide bonds. The lowest BCUT2D eigenvalue weighted by molar-refractivity contribution is 0.174. The van der Waals surface area contributed by atoms with Crippen LogP contribution in [0.4, 0.5) is 0 Å². The zero-order chi connectivity index (χ0) is 18.9. The van der Waals surface area contributed by atoms with Crippen LogP contribution in [-0.2, 0) is 6.54 Å². The lowest BCUT2D eigenvalue weighted by Gasteiger charge is -2.16. The van der Waals surface area contributed by atoms with Gasteiger partial charge in [-0.15, -0.1) is 0 Å². The zero-order valence-electron chi connectivity index (χ0n) is 15.3. The molecule has 1 fully saturated rings. The number of pyridine rings is 2. The van der Waals surface area contributed by atoms with Crippen LogP contribution in [0.5, 0.6) is 11.5 Å². The second-order valence-corrected chi connectivity index (χ2v) is 7.64. The van der Waals surface area contributed by atoms with E-state index in [-0.39, 0.29) is 6.79 Å². The van der Waals surface area contributed by atoms with Gasteiger partial charge in [0.05, 0.1) is 5.69 Å². The van der Waals surface area contributed by atoms with Gasteiger partial charge in [0.25, 0.3) is 0 Å². The van der Waals surface area contributed by atoms with Crippen LogP contribution in [0.3, 0.4) is 0 Å². The maximum Gasteiger partial charge on any atom is 0.231 e. The van der Waals surface area contributed by atoms with Gasteiger partial charge in [-0.1, -0.05) is 17.7 Å². The average Bonchev–Trinajstić information content (AvgIpc) is 3.39. The van der Waals surface area contributed by atoms with Crippen molar-refractivity contribution in [3.05, 3.63) is 71.1 Å². The molecule has 4 heterocycles. The molecule has 2 aromatic heterocycles. The Morgan fingerprint density at radius 1 is 1.04 bits per heavy atom. The first-order chi connectivity index (χ1) is 13.7. The van der Waals surface area contributed by atoms with Crippen molar-refractivity contribution in [2.45, 2.75) is 18.9 Å². The van der Waals surface area contributed by atoms with Crippen LogP contribution in [0, 0.1) is 0 Å². The Bertz CT molecular complexity index is 993. The fourth-order valence-electron chi connectivity index (χ4n) is 3.92. The Morgan fingerprint density at radius 2 is 1.96 bits per heavy atom. The Kier molecular flexibility index (Phi) is 4.63. The smallest absolute Gasteiger partial charge is 0.231 e. The summed E-state index contributed by atoms with van der Waals surface area (Å²) in [4.78, 5) is 11.2. The number of hydrogen-bond acceptors (Lipinski definition) is 5. The van der Waals surface area contributed by atoms with Gasteiger partial charge < -0.3 is 9.47 Å². The van der Waals surface area contributed by atoms with Crippen molar-refractivity contribution >= 4 is 11.6 Å². The topological polar surface area (TPSA) is 47.5 Å². The molecule has 1 atom stereocenters. The number of rotatable bonds is 4. The van der Waals surface area contributed by atoms with Gasteiger partial charge in [-0.25, -0.2) is 4.98 Å². The number of halogens is 1. The first-order valence-corrected chi connectivity index (χ1v) is 9.81. The highest BCUT2D eigenvalue weighted by Crippen LogP contribution is 2.36. The van der Waals surface area contributed by atoms with E-state index in [9.17, 15) is 0 Å². The Labute approximate surface area is 168 Å². The molecule has 28 heavy (non-hydrogen) atoms. The standard InChI is InChI=1S/C22H20ClN3O2/c23-22-4-1-15(11-25-22)12-26-8-6-18(13-26)16-5-7-24-19(9-16)17-2-3-20-21(10-17)28-14-27-20/h1-5,7,9-11,18H,6,8,12-14H2/t18-/m1/s1. The molecule has 0 unspecified atom stereocenters. The molecule has 5 rings (SSSR count). The van der Waals surface area contributed by atoms with Crippen LogP contribution in [0.15, 0.2) is 54.9 Å². The van der Waals surface area contributed by atoms with Crippen molar-refractivity contribution in [1.29, 1.82) is 0 Å². The summed E-state index contributed by atoms with van der Waals surface area (Å²) < 4.78 is 10.9. The summed E-state index contributed by atoms with van der Waals surface area (Å²) in [6, 6.07) is 14.2. The number of fused-ring (bicyclic) bond motifs is 1. The number of benzene rings is 1. The lowest BCUT2D eigenvalue weighted by Crippen LogP contribution is -2.19. The van der Waals surface area contributed by atoms with Crippen molar-refractivity contribution in [2.24, 2.45) is 0 Å². The van der Waals surface area contributed by atoms with E-state index in [1.807, 2.05) is 42.7 Å². The van der Waals surface area contributed by atoms with Crippen molar-refractivity contribution in [3.63, 3.8) is 0 Å². The molecule has 0 N–H and O–H groups in total. The summed E-state index contributed by atoms with van der Waals surface area (Å²) in [5, 5.41) is 0.538. The minimum Gasteiger partial charge on any atom is -0.454 e. The van der Waals surface area contributed by atoms with Gasteiger partial charge in [0.15, 0.2) is 11.5 Å². The predicted octanol–water partition coefficient (Wildman–Crippen LogP) is 4.52. The van der Waals surface area contributed by atoms with Crippen LogP contribution >= 0.6 is 11.6 Å². The molecule has 5 nitrogen and oxygen atoms in total. The largest absolute Gasteiger partial charge is 0.454 e. The van der Waals surface area contributed by atoms with Crippen LogP contribution in [-0.4, -0.2) is 34.8 Å². The third kappa shape index (κ3) is 3.55. The van der Waals surface area contributed by atoms with Gasteiger partial charge in [-0.05, 0) is 66.4 Å². The molecule has 2 aliphatic heterocycles. The van der Waals surface area contributed by atoms with Gasteiger partial charge in [0.2, 0.25) is 6.79 Å². The van der Waals surface area contributed by atoms with Gasteiger partial charge in [0.1, 0.15) is 5.15 Å². The third-order valence-electron chi connectivity index (χ3n) is 5.39. The number of aromatic nitrogens is 2. The number of ether oxygens (including phenoxy) is 2. The van der Waals surface area contributed by atoms with E-state index in [1.165, 1.54) is 11.1 Å². The van der Waals surface area contributed by atoms with E-state index < -0.39 is 0 Å². The zero-order valence-corrected chi connectivity index (χ0v) is 16.1. The molecule has 0 bridgehead atoms. The Morgan fingerprint density at radius 3 is 2.86 bits per heavy atom. The van der Waals surface area contributed by atoms with Crippen molar-refractivity contribution < 1.29 is 9.47 Å². The molecular formula is C22H20ClN3O2. The van der Waals surface area contributed by atoms with Crippen LogP contribution < -0.4 is 9.47 Å². The number of likely N-dealkylation sites (tertiary alicyclic amines) is 1. The highest BCUT2D eigenvalue weighted by atomic mass is 35.5. The molecule has 6 heteroatoms. The molecule has 142 valence electrons. The van der Waals surface area contributed by atoms with Gasteiger partial charge in [0, 0.05) is 31.0 Å². The minimum absolute atomic E-state index is 0.285. The predicted molar refractivity (Wildman–Crippen MR) is 108 cm³/mol. The van der Waals surface area contributed by atoms with Gasteiger partial charge in [-0.3, -0.25) is 9.88 Å². The molecule has 1 aromatic carbocycles. The highest BCUT2D eigenvalue weighted by Gasteiger charge is 2.24. The summed E-state index contributed by atoms with van der Waals surface area (Å²) >= 11 is 5.88. The maximum atomic E-state index is 5.88. The van der Waals surface area contributed by atoms with E-state index in [0.717, 1.165) is 48.8 Å². The van der Waals surface area contributed by atoms with Gasteiger partial charge in [-0.2, -0.15) is 0 Å². The summed E-state index contributed by atoms with van der Waals surface area (Å²) in [7, 11) is 0. The average molecular weight is 394 g/mol. The molecule has 3 aromatic rings. The van der Waals surface area contributed by atoms with Crippen LogP contribution in [0.1, 0.15) is 23.5 Å². The second-order valence-electron chi connectivity index (χ2n) is 7.25. The molecule has 0 spiro atoms. The third-order valence-corrected chi connectivity index (χ3v) is 5.61. The molecule has 2 aliphatic rings. The van der Waals surface area contributed by atoms with E-state index >= 15 is 0 Å². The van der Waals surface area contributed by atoms with E-state index in [0.29, 0.717) is 11.1 Å². The SMILES string of the molecule is Clc1ccc(CN2CC[C@@H](c3ccnc(-c4ccc5c(c4)OCO5)c3)C2)cn1. The molecule has 1 saturated heterocycles. The summed E-state index contributed by atoms with van der Waals surface area (Å²) in [6.07, 6.45) is 4.91. The minimum atomic E-state index is 0.285. The van der Waals surface area contributed by atoms with Crippen LogP contribution in [0.2, 0.25) is 5.15 Å². The molecule has 0 aliphatic carbocycles. The van der Waals surface area contributed by atoms with E-state index in [2.05, 4.69) is 27.0 Å². The normalized spacial score (nSPS) is 18.5. The molecule has 0 radical (unpaired) electrons. The summed E-state index contributed by atoms with van der Waals surface area (Å²) in [5.41, 5.74) is 4.55. The number of hydrogen-bond donors (Lipinski definition) is 0. The number of nitrogens with zero attached hydrogens (tertiary/aromatic N) is 3. The monoisotopic (exact) mass is 393 g/mol. The molecular weight excluding hydrogens is 374 g/mol. The quantitative estimate of drug-likeness (QED) is 0.610. The summed E-state index contributed by atoms with van der Waals surface area (Å²) in [6.45, 7) is 3.30. The maximum absolute atomic E-state index is 5.88. The Hall–Kier alpha value is -2.63. The van der Waals surface area contributed by atoms with Crippen molar-refractivity contribution in [3.8, 4) is 22.8 Å². The van der Waals surface area contributed by atoms with Crippen molar-refractivity contribution in [1.82, 2.24) is 14.9 Å². The van der Waals surface area contributed by atoms with Crippen LogP contribution in [0.25, 0.3) is 11.3 Å². The first kappa shape index (κ1) is 17.5. The first-order valence-electron chi connectivity index (χ1n) is 9.43. The van der Waals surface area contributed by atoms with Crippen molar-refractivity contribution in [2.75, 3.05) is 19.9 Å². The van der Waals surface area contributed by atoms with E-state index in [1.54, 1.807) is 0 Å². The Balaban J connectivity index is 1.31. The second kappa shape index (κ2) is 7.41. The fourth-order valence-corrected chi connectivity index (χ4v) is 4.03. The van der Waals surface area contributed by atoms with E-state index in [4.69, 9.17) is 21.1 Å². The molecule has 0 saturated carbocycles.